The summed E-state index contributed by atoms with van der Waals surface area (Å²) in [6, 6.07) is 36.2. The van der Waals surface area contributed by atoms with Gasteiger partial charge in [0.1, 0.15) is 12.2 Å². The molecule has 0 bridgehead atoms. The monoisotopic (exact) mass is 568 g/mol. The molecule has 8 rings (SSSR count). The molecule has 0 unspecified atom stereocenters. The van der Waals surface area contributed by atoms with E-state index in [0.29, 0.717) is 0 Å². The van der Waals surface area contributed by atoms with Crippen LogP contribution < -0.4 is 0 Å². The first kappa shape index (κ1) is 25.8. The van der Waals surface area contributed by atoms with Crippen LogP contribution in [0.3, 0.4) is 0 Å². The summed E-state index contributed by atoms with van der Waals surface area (Å²) in [4.78, 5) is 18.1. The second-order valence-electron chi connectivity index (χ2n) is 11.0. The van der Waals surface area contributed by atoms with Crippen LogP contribution >= 0.6 is 0 Å². The van der Waals surface area contributed by atoms with Gasteiger partial charge in [-0.2, -0.15) is 0 Å². The summed E-state index contributed by atoms with van der Waals surface area (Å²) in [6.45, 7) is 4.18. The van der Waals surface area contributed by atoms with E-state index in [1.165, 1.54) is 10.8 Å². The Morgan fingerprint density at radius 3 is 2.16 bits per heavy atom. The number of fused-ring (bicyclic) bond motifs is 3. The summed E-state index contributed by atoms with van der Waals surface area (Å²) in [5.41, 5.74) is 11.8. The Kier molecular flexibility index (Phi) is 6.12. The van der Waals surface area contributed by atoms with Gasteiger partial charge in [0.05, 0.1) is 34.8 Å². The van der Waals surface area contributed by atoms with Crippen LogP contribution in [-0.4, -0.2) is 29.1 Å². The molecule has 0 atom stereocenters. The molecular formula is C38H28N6. The van der Waals surface area contributed by atoms with Crippen LogP contribution in [0.25, 0.3) is 67.0 Å². The van der Waals surface area contributed by atoms with Crippen molar-refractivity contribution in [1.29, 1.82) is 0 Å². The van der Waals surface area contributed by atoms with Gasteiger partial charge in [-0.05, 0) is 67.4 Å². The third kappa shape index (κ3) is 4.19. The lowest BCUT2D eigenvalue weighted by Gasteiger charge is -2.15. The van der Waals surface area contributed by atoms with Crippen molar-refractivity contribution >= 4 is 21.8 Å². The van der Waals surface area contributed by atoms with E-state index in [1.807, 2.05) is 43.8 Å². The van der Waals surface area contributed by atoms with Crippen LogP contribution in [0, 0.1) is 13.8 Å². The van der Waals surface area contributed by atoms with E-state index >= 15 is 0 Å². The Bertz CT molecular complexity index is 2280. The first-order chi connectivity index (χ1) is 21.7. The maximum Gasteiger partial charge on any atom is 0.145 e. The number of nitrogens with zero attached hydrogens (tertiary/aromatic N) is 6. The fraction of sp³-hybridized carbons (Fsp3) is 0.0526. The molecule has 0 amide bonds. The molecule has 0 N–H and O–H groups in total. The van der Waals surface area contributed by atoms with E-state index < -0.39 is 0 Å². The molecule has 210 valence electrons. The summed E-state index contributed by atoms with van der Waals surface area (Å²) < 4.78 is 4.56. The van der Waals surface area contributed by atoms with Crippen molar-refractivity contribution in [3.8, 4) is 45.1 Å². The van der Waals surface area contributed by atoms with Crippen molar-refractivity contribution in [3.63, 3.8) is 0 Å². The number of pyridine rings is 1. The van der Waals surface area contributed by atoms with Crippen molar-refractivity contribution in [2.75, 3.05) is 0 Å². The van der Waals surface area contributed by atoms with Gasteiger partial charge in [-0.3, -0.25) is 9.55 Å². The number of imidazole rings is 1. The standard InChI is InChI=1S/C38H28N6/c1-25-19-28(38-42-23-36(27-9-4-3-5-10-27)43(38)30-17-15-26(2)41-22-30)16-18-33(25)44-34-13-7-6-11-32(34)37-31(12-8-14-35(37)44)29-20-39-24-40-21-29/h3-24H,1-2H3. The van der Waals surface area contributed by atoms with E-state index in [2.05, 4.69) is 122 Å². The number of rotatable bonds is 5. The molecule has 0 radical (unpaired) electrons. The van der Waals surface area contributed by atoms with Crippen LogP contribution in [-0.2, 0) is 0 Å². The Labute approximate surface area is 255 Å². The summed E-state index contributed by atoms with van der Waals surface area (Å²) in [7, 11) is 0. The van der Waals surface area contributed by atoms with E-state index in [0.717, 1.165) is 67.4 Å². The quantitative estimate of drug-likeness (QED) is 0.208. The van der Waals surface area contributed by atoms with Crippen LogP contribution in [0.5, 0.6) is 0 Å². The second kappa shape index (κ2) is 10.4. The summed E-state index contributed by atoms with van der Waals surface area (Å²) >= 11 is 0. The van der Waals surface area contributed by atoms with E-state index in [-0.39, 0.29) is 0 Å². The van der Waals surface area contributed by atoms with Gasteiger partial charge in [0.25, 0.3) is 0 Å². The van der Waals surface area contributed by atoms with Gasteiger partial charge in [0.15, 0.2) is 0 Å². The third-order valence-corrected chi connectivity index (χ3v) is 8.25. The molecule has 6 heteroatoms. The van der Waals surface area contributed by atoms with Crippen molar-refractivity contribution in [1.82, 2.24) is 29.1 Å². The first-order valence-corrected chi connectivity index (χ1v) is 14.6. The first-order valence-electron chi connectivity index (χ1n) is 14.6. The normalized spacial score (nSPS) is 11.4. The average molecular weight is 569 g/mol. The molecule has 8 aromatic rings. The zero-order chi connectivity index (χ0) is 29.6. The molecule has 6 nitrogen and oxygen atoms in total. The van der Waals surface area contributed by atoms with Gasteiger partial charge in [-0.25, -0.2) is 15.0 Å². The largest absolute Gasteiger partial charge is 0.309 e. The molecule has 44 heavy (non-hydrogen) atoms. The van der Waals surface area contributed by atoms with Crippen LogP contribution in [0.4, 0.5) is 0 Å². The molecule has 0 saturated carbocycles. The number of hydrogen-bond acceptors (Lipinski definition) is 4. The molecule has 0 aliphatic carbocycles. The molecule has 0 spiro atoms. The topological polar surface area (TPSA) is 61.4 Å². The maximum atomic E-state index is 4.96. The fourth-order valence-electron chi connectivity index (χ4n) is 6.22. The lowest BCUT2D eigenvalue weighted by molar-refractivity contribution is 1.04. The minimum Gasteiger partial charge on any atom is -0.309 e. The zero-order valence-corrected chi connectivity index (χ0v) is 24.4. The lowest BCUT2D eigenvalue weighted by atomic mass is 10.0. The van der Waals surface area contributed by atoms with E-state index in [4.69, 9.17) is 4.98 Å². The van der Waals surface area contributed by atoms with Gasteiger partial charge in [-0.1, -0.05) is 60.7 Å². The molecular weight excluding hydrogens is 540 g/mol. The Morgan fingerprint density at radius 1 is 0.568 bits per heavy atom. The van der Waals surface area contributed by atoms with E-state index in [1.54, 1.807) is 6.33 Å². The number of aryl methyl sites for hydroxylation is 2. The summed E-state index contributed by atoms with van der Waals surface area (Å²) in [6.07, 6.45) is 9.20. The smallest absolute Gasteiger partial charge is 0.145 e. The molecule has 4 aromatic carbocycles. The maximum absolute atomic E-state index is 4.96. The van der Waals surface area contributed by atoms with Gasteiger partial charge >= 0.3 is 0 Å². The second-order valence-corrected chi connectivity index (χ2v) is 11.0. The molecule has 0 aliphatic heterocycles. The molecule has 0 saturated heterocycles. The van der Waals surface area contributed by atoms with Crippen molar-refractivity contribution in [2.45, 2.75) is 13.8 Å². The zero-order valence-electron chi connectivity index (χ0n) is 24.4. The van der Waals surface area contributed by atoms with Crippen molar-refractivity contribution in [3.05, 3.63) is 146 Å². The minimum atomic E-state index is 0.873. The van der Waals surface area contributed by atoms with Gasteiger partial charge in [0.2, 0.25) is 0 Å². The van der Waals surface area contributed by atoms with Gasteiger partial charge < -0.3 is 4.57 Å². The molecule has 0 aliphatic rings. The SMILES string of the molecule is Cc1ccc(-n2c(-c3ccccc3)cnc2-c2ccc(-n3c4ccccc4c4c(-c5cncnc5)cccc43)c(C)c2)cn1. The Balaban J connectivity index is 1.32. The Hall–Kier alpha value is -5.88. The highest BCUT2D eigenvalue weighted by Crippen LogP contribution is 2.39. The van der Waals surface area contributed by atoms with Gasteiger partial charge in [-0.15, -0.1) is 0 Å². The minimum absolute atomic E-state index is 0.873. The van der Waals surface area contributed by atoms with Crippen molar-refractivity contribution < 1.29 is 0 Å². The number of benzene rings is 4. The van der Waals surface area contributed by atoms with Gasteiger partial charge in [0, 0.05) is 51.2 Å². The van der Waals surface area contributed by atoms with Crippen LogP contribution in [0.1, 0.15) is 11.3 Å². The third-order valence-electron chi connectivity index (χ3n) is 8.25. The predicted octanol–water partition coefficient (Wildman–Crippen LogP) is 8.77. The van der Waals surface area contributed by atoms with Crippen LogP contribution in [0.2, 0.25) is 0 Å². The summed E-state index contributed by atoms with van der Waals surface area (Å²) in [5, 5.41) is 2.39. The average Bonchev–Trinajstić information content (AvgIpc) is 3.66. The summed E-state index contributed by atoms with van der Waals surface area (Å²) in [5.74, 6) is 0.873. The number of aromatic nitrogens is 6. The lowest BCUT2D eigenvalue weighted by Crippen LogP contribution is -2.02. The molecule has 4 heterocycles. The number of para-hydroxylation sites is 1. The molecule has 0 fully saturated rings. The number of hydrogen-bond donors (Lipinski definition) is 0. The van der Waals surface area contributed by atoms with Crippen molar-refractivity contribution in [2.24, 2.45) is 0 Å². The molecule has 4 aromatic heterocycles. The predicted molar refractivity (Wildman–Crippen MR) is 177 cm³/mol. The fourth-order valence-corrected chi connectivity index (χ4v) is 6.22. The highest BCUT2D eigenvalue weighted by atomic mass is 15.1. The van der Waals surface area contributed by atoms with E-state index in [9.17, 15) is 0 Å². The highest BCUT2D eigenvalue weighted by Gasteiger charge is 2.19. The Morgan fingerprint density at radius 2 is 1.36 bits per heavy atom. The van der Waals surface area contributed by atoms with Crippen LogP contribution in [0.15, 0.2) is 134 Å². The highest BCUT2D eigenvalue weighted by molar-refractivity contribution is 6.15.